The van der Waals surface area contributed by atoms with Crippen molar-refractivity contribution >= 4 is 18.0 Å². The van der Waals surface area contributed by atoms with Crippen LogP contribution in [0, 0.1) is 0 Å². The van der Waals surface area contributed by atoms with Gasteiger partial charge in [-0.2, -0.15) is 0 Å². The first-order valence-corrected chi connectivity index (χ1v) is 14.8. The van der Waals surface area contributed by atoms with Crippen LogP contribution < -0.4 is 10.6 Å². The number of carbonyl (C=O) groups is 3. The van der Waals surface area contributed by atoms with Crippen molar-refractivity contribution in [3.05, 3.63) is 95.6 Å². The first-order valence-electron chi connectivity index (χ1n) is 14.8. The Bertz CT molecular complexity index is 1360. The van der Waals surface area contributed by atoms with Gasteiger partial charge in [0.2, 0.25) is 5.91 Å². The summed E-state index contributed by atoms with van der Waals surface area (Å²) in [6, 6.07) is 26.2. The Kier molecular flexibility index (Phi) is 9.22. The number of likely N-dealkylation sites (tertiary alicyclic amines) is 1. The summed E-state index contributed by atoms with van der Waals surface area (Å²) in [6.45, 7) is 4.25. The first-order chi connectivity index (χ1) is 20.4. The fourth-order valence-corrected chi connectivity index (χ4v) is 6.27. The molecule has 1 aliphatic carbocycles. The molecule has 0 bridgehead atoms. The third-order valence-corrected chi connectivity index (χ3v) is 8.55. The number of aliphatic carboxylic acids is 1. The van der Waals surface area contributed by atoms with Gasteiger partial charge in [-0.3, -0.25) is 14.5 Å². The highest BCUT2D eigenvalue weighted by Crippen LogP contribution is 2.44. The highest BCUT2D eigenvalue weighted by Gasteiger charge is 2.39. The molecule has 0 saturated carbocycles. The third kappa shape index (κ3) is 6.99. The molecule has 0 unspecified atom stereocenters. The number of carboxylic acid groups (broad SMARTS) is 1. The van der Waals surface area contributed by atoms with Crippen molar-refractivity contribution in [3.8, 4) is 11.1 Å². The van der Waals surface area contributed by atoms with Gasteiger partial charge < -0.3 is 20.5 Å². The highest BCUT2D eigenvalue weighted by atomic mass is 16.5. The van der Waals surface area contributed by atoms with Gasteiger partial charge in [-0.15, -0.1) is 0 Å². The van der Waals surface area contributed by atoms with E-state index in [1.54, 1.807) is 0 Å². The number of alkyl carbamates (subject to hydrolysis) is 1. The summed E-state index contributed by atoms with van der Waals surface area (Å²) >= 11 is 0. The maximum Gasteiger partial charge on any atom is 0.407 e. The second-order valence-corrected chi connectivity index (χ2v) is 11.4. The van der Waals surface area contributed by atoms with Gasteiger partial charge in [0.1, 0.15) is 6.61 Å². The molecule has 1 saturated heterocycles. The van der Waals surface area contributed by atoms with Crippen molar-refractivity contribution in [2.24, 2.45) is 0 Å². The van der Waals surface area contributed by atoms with Gasteiger partial charge in [-0.05, 0) is 47.1 Å². The summed E-state index contributed by atoms with van der Waals surface area (Å²) in [5.74, 6) is -1.28. The number of carboxylic acids is 1. The van der Waals surface area contributed by atoms with Crippen LogP contribution in [0.4, 0.5) is 4.79 Å². The number of benzene rings is 3. The zero-order chi connectivity index (χ0) is 29.5. The van der Waals surface area contributed by atoms with E-state index in [9.17, 15) is 19.5 Å². The zero-order valence-electron chi connectivity index (χ0n) is 24.1. The summed E-state index contributed by atoms with van der Waals surface area (Å²) in [7, 11) is 0. The topological polar surface area (TPSA) is 108 Å². The molecule has 2 aliphatic rings. The fraction of sp³-hybridized carbons (Fsp3) is 0.382. The lowest BCUT2D eigenvalue weighted by Gasteiger charge is -2.42. The maximum atomic E-state index is 13.3. The molecule has 3 N–H and O–H groups in total. The fourth-order valence-electron chi connectivity index (χ4n) is 6.27. The number of nitrogens with one attached hydrogen (secondary N) is 2. The Hall–Kier alpha value is -4.17. The zero-order valence-corrected chi connectivity index (χ0v) is 24.1. The second kappa shape index (κ2) is 13.2. The van der Waals surface area contributed by atoms with Crippen molar-refractivity contribution in [3.63, 3.8) is 0 Å². The summed E-state index contributed by atoms with van der Waals surface area (Å²) in [5.41, 5.74) is 5.02. The Labute approximate surface area is 247 Å². The minimum atomic E-state index is -0.956. The van der Waals surface area contributed by atoms with Crippen LogP contribution in [0.3, 0.4) is 0 Å². The number of amides is 2. The van der Waals surface area contributed by atoms with Crippen molar-refractivity contribution in [1.29, 1.82) is 0 Å². The number of piperidine rings is 1. The van der Waals surface area contributed by atoms with Crippen LogP contribution in [-0.4, -0.2) is 59.3 Å². The molecule has 3 aromatic carbocycles. The molecule has 1 atom stereocenters. The third-order valence-electron chi connectivity index (χ3n) is 8.55. The molecule has 1 aliphatic heterocycles. The van der Waals surface area contributed by atoms with Gasteiger partial charge in [-0.1, -0.05) is 85.8 Å². The van der Waals surface area contributed by atoms with Crippen molar-refractivity contribution in [2.45, 2.75) is 63.1 Å². The molecular formula is C34H39N3O5. The predicted molar refractivity (Wildman–Crippen MR) is 161 cm³/mol. The molecule has 8 nitrogen and oxygen atoms in total. The molecule has 2 amide bonds. The lowest BCUT2D eigenvalue weighted by molar-refractivity contribution is -0.137. The summed E-state index contributed by atoms with van der Waals surface area (Å²) in [5, 5.41) is 15.2. The number of hydrogen-bond donors (Lipinski definition) is 3. The van der Waals surface area contributed by atoms with E-state index in [0.717, 1.165) is 28.8 Å². The molecule has 42 heavy (non-hydrogen) atoms. The number of nitrogens with zero attached hydrogens (tertiary/aromatic N) is 1. The Morgan fingerprint density at radius 1 is 0.929 bits per heavy atom. The number of hydrogen-bond acceptors (Lipinski definition) is 5. The molecule has 8 heteroatoms. The molecule has 1 fully saturated rings. The minimum absolute atomic E-state index is 0.0588. The van der Waals surface area contributed by atoms with E-state index in [-0.39, 0.29) is 31.3 Å². The van der Waals surface area contributed by atoms with Gasteiger partial charge in [0.15, 0.2) is 0 Å². The van der Waals surface area contributed by atoms with Crippen LogP contribution in [-0.2, 0) is 20.9 Å². The van der Waals surface area contributed by atoms with Crippen molar-refractivity contribution < 1.29 is 24.2 Å². The number of rotatable bonds is 11. The molecule has 3 aromatic rings. The van der Waals surface area contributed by atoms with E-state index in [0.29, 0.717) is 32.4 Å². The molecular weight excluding hydrogens is 530 g/mol. The lowest BCUT2D eigenvalue weighted by atomic mass is 9.83. The highest BCUT2D eigenvalue weighted by molar-refractivity contribution is 5.81. The average molecular weight is 570 g/mol. The van der Waals surface area contributed by atoms with E-state index in [4.69, 9.17) is 4.74 Å². The number of carbonyl (C=O) groups excluding carboxylic acids is 2. The standard InChI is InChI=1S/C34H39N3O5/c1-2-25(20-32(39)40)35-31(38)21-34(16-18-37(19-17-34)22-24-10-4-3-5-11-24)36-33(41)42-23-30-28-14-8-6-12-26(28)27-13-7-9-15-29(27)30/h3-15,25,30H,2,16-23H2,1H3,(H,35,38)(H,36,41)(H,39,40)/t25-/m1/s1. The van der Waals surface area contributed by atoms with Crippen molar-refractivity contribution in [1.82, 2.24) is 15.5 Å². The Morgan fingerprint density at radius 2 is 1.52 bits per heavy atom. The summed E-state index contributed by atoms with van der Waals surface area (Å²) in [6.07, 6.45) is 1.04. The number of ether oxygens (including phenoxy) is 1. The molecule has 220 valence electrons. The quantitative estimate of drug-likeness (QED) is 0.289. The van der Waals surface area contributed by atoms with Crippen LogP contribution in [0.5, 0.6) is 0 Å². The molecule has 0 radical (unpaired) electrons. The maximum absolute atomic E-state index is 13.3. The van der Waals surface area contributed by atoms with E-state index in [1.165, 1.54) is 5.56 Å². The van der Waals surface area contributed by atoms with Crippen LogP contribution in [0.15, 0.2) is 78.9 Å². The molecule has 0 aromatic heterocycles. The minimum Gasteiger partial charge on any atom is -0.481 e. The van der Waals surface area contributed by atoms with Crippen molar-refractivity contribution in [2.75, 3.05) is 19.7 Å². The summed E-state index contributed by atoms with van der Waals surface area (Å²) < 4.78 is 5.85. The van der Waals surface area contributed by atoms with Gasteiger partial charge in [0.25, 0.3) is 0 Å². The normalized spacial score (nSPS) is 16.6. The Balaban J connectivity index is 1.26. The van der Waals surface area contributed by atoms with Crippen LogP contribution in [0.25, 0.3) is 11.1 Å². The monoisotopic (exact) mass is 569 g/mol. The van der Waals surface area contributed by atoms with Gasteiger partial charge in [-0.25, -0.2) is 4.79 Å². The number of fused-ring (bicyclic) bond motifs is 3. The van der Waals surface area contributed by atoms with Crippen LogP contribution >= 0.6 is 0 Å². The van der Waals surface area contributed by atoms with E-state index in [1.807, 2.05) is 49.4 Å². The molecule has 5 rings (SSSR count). The largest absolute Gasteiger partial charge is 0.481 e. The second-order valence-electron chi connectivity index (χ2n) is 11.4. The van der Waals surface area contributed by atoms with Crippen LogP contribution in [0.1, 0.15) is 61.6 Å². The average Bonchev–Trinajstić information content (AvgIpc) is 3.31. The molecule has 1 heterocycles. The Morgan fingerprint density at radius 3 is 2.12 bits per heavy atom. The smallest absolute Gasteiger partial charge is 0.407 e. The van der Waals surface area contributed by atoms with E-state index < -0.39 is 23.6 Å². The lowest BCUT2D eigenvalue weighted by Crippen LogP contribution is -2.57. The van der Waals surface area contributed by atoms with Crippen LogP contribution in [0.2, 0.25) is 0 Å². The van der Waals surface area contributed by atoms with E-state index >= 15 is 0 Å². The van der Waals surface area contributed by atoms with E-state index in [2.05, 4.69) is 51.9 Å². The van der Waals surface area contributed by atoms with Gasteiger partial charge >= 0.3 is 12.1 Å². The van der Waals surface area contributed by atoms with Gasteiger partial charge in [0, 0.05) is 38.0 Å². The first kappa shape index (κ1) is 29.3. The SMILES string of the molecule is CC[C@H](CC(=O)O)NC(=O)CC1(NC(=O)OCC2c3ccccc3-c3ccccc32)CCN(Cc2ccccc2)CC1. The summed E-state index contributed by atoms with van der Waals surface area (Å²) in [4.78, 5) is 40.0. The predicted octanol–water partition coefficient (Wildman–Crippen LogP) is 5.32. The molecule has 0 spiro atoms. The van der Waals surface area contributed by atoms with Gasteiger partial charge in [0.05, 0.1) is 12.0 Å².